The van der Waals surface area contributed by atoms with Gasteiger partial charge in [-0.3, -0.25) is 28.7 Å². The maximum absolute atomic E-state index is 13.9. The molecule has 2 saturated carbocycles. The van der Waals surface area contributed by atoms with E-state index in [1.165, 1.54) is 4.90 Å². The van der Waals surface area contributed by atoms with Crippen molar-refractivity contribution in [2.45, 2.75) is 93.5 Å². The van der Waals surface area contributed by atoms with Crippen LogP contribution in [-0.4, -0.2) is 73.5 Å². The number of rotatable bonds is 6. The van der Waals surface area contributed by atoms with E-state index in [2.05, 4.69) is 15.4 Å². The van der Waals surface area contributed by atoms with Crippen LogP contribution in [0, 0.1) is 5.92 Å². The summed E-state index contributed by atoms with van der Waals surface area (Å²) in [5.74, 6) is -1.87. The highest BCUT2D eigenvalue weighted by atomic mass is 32.2. The van der Waals surface area contributed by atoms with Crippen LogP contribution >= 0.6 is 0 Å². The molecule has 2 saturated heterocycles. The zero-order valence-electron chi connectivity index (χ0n) is 23.0. The number of fused-ring (bicyclic) bond motifs is 2. The smallest absolute Gasteiger partial charge is 0.259 e. The summed E-state index contributed by atoms with van der Waals surface area (Å²) in [5.41, 5.74) is -2.00. The number of hydrogen-bond donors (Lipinski definition) is 3. The van der Waals surface area contributed by atoms with Gasteiger partial charge in [0.2, 0.25) is 21.8 Å². The van der Waals surface area contributed by atoms with Crippen LogP contribution in [0.15, 0.2) is 21.7 Å². The molecule has 4 atom stereocenters. The minimum Gasteiger partial charge on any atom is -0.369 e. The quantitative estimate of drug-likeness (QED) is 0.313. The standard InChI is InChI=1S/C28H37N5O7S/c34-23-21(22(24(23)35)32-13-7-14-32)29-19-9-5-3-1-2-4-8-17-16-28(17,27(38)31-41(39,40)18-11-12-18)30-25(36)20-10-6-15-33(20)26(19)37/h4,8,17-20,29H,1-3,5-7,9-16H2,(H,30,36)(H,31,38). The molecule has 3 heterocycles. The van der Waals surface area contributed by atoms with Crippen LogP contribution in [-0.2, 0) is 24.4 Å². The molecule has 5 aliphatic rings. The van der Waals surface area contributed by atoms with Crippen molar-refractivity contribution in [2.24, 2.45) is 5.92 Å². The highest BCUT2D eigenvalue weighted by Crippen LogP contribution is 2.46. The van der Waals surface area contributed by atoms with Gasteiger partial charge in [-0.2, -0.15) is 0 Å². The Morgan fingerprint density at radius 3 is 2.41 bits per heavy atom. The Bertz CT molecular complexity index is 1460. The molecule has 13 heteroatoms. The average molecular weight is 588 g/mol. The first kappa shape index (κ1) is 27.9. The predicted molar refractivity (Wildman–Crippen MR) is 152 cm³/mol. The molecule has 4 unspecified atom stereocenters. The van der Waals surface area contributed by atoms with Gasteiger partial charge in [-0.05, 0) is 57.8 Å². The molecule has 0 bridgehead atoms. The summed E-state index contributed by atoms with van der Waals surface area (Å²) < 4.78 is 27.2. The zero-order valence-corrected chi connectivity index (χ0v) is 23.8. The molecule has 1 aromatic rings. The molecule has 0 aromatic heterocycles. The van der Waals surface area contributed by atoms with Gasteiger partial charge in [-0.15, -0.1) is 0 Å². The van der Waals surface area contributed by atoms with Gasteiger partial charge >= 0.3 is 0 Å². The first-order chi connectivity index (χ1) is 19.6. The topological polar surface area (TPSA) is 162 Å². The summed E-state index contributed by atoms with van der Waals surface area (Å²) in [5, 5.41) is 5.36. The van der Waals surface area contributed by atoms with E-state index in [0.717, 1.165) is 25.7 Å². The molecule has 222 valence electrons. The summed E-state index contributed by atoms with van der Waals surface area (Å²) in [4.78, 5) is 68.9. The second kappa shape index (κ2) is 10.6. The summed E-state index contributed by atoms with van der Waals surface area (Å²) in [6, 6.07) is -1.60. The van der Waals surface area contributed by atoms with Crippen molar-refractivity contribution >= 4 is 39.1 Å². The number of nitrogens with zero attached hydrogens (tertiary/aromatic N) is 2. The molecule has 3 amide bonds. The van der Waals surface area contributed by atoms with Crippen LogP contribution < -0.4 is 31.1 Å². The fourth-order valence-corrected chi connectivity index (χ4v) is 7.67. The van der Waals surface area contributed by atoms with Crippen molar-refractivity contribution in [3.05, 3.63) is 32.6 Å². The third kappa shape index (κ3) is 5.17. The van der Waals surface area contributed by atoms with E-state index in [1.54, 1.807) is 0 Å². The van der Waals surface area contributed by atoms with Crippen LogP contribution in [0.25, 0.3) is 0 Å². The van der Waals surface area contributed by atoms with Gasteiger partial charge in [-0.25, -0.2) is 8.42 Å². The predicted octanol–water partition coefficient (Wildman–Crippen LogP) is 0.268. The van der Waals surface area contributed by atoms with Gasteiger partial charge in [0.05, 0.1) is 5.25 Å². The second-order valence-corrected chi connectivity index (χ2v) is 14.1. The highest BCUT2D eigenvalue weighted by molar-refractivity contribution is 7.91. The Labute approximate surface area is 238 Å². The molecule has 3 N–H and O–H groups in total. The SMILES string of the molecule is O=C1NC2(C(=O)NS(=O)(=O)C3CC3)CC2C=CCCCCCC(Nc2c(N3CCC3)c(=O)c2=O)C(=O)N2CCCC12. The van der Waals surface area contributed by atoms with E-state index >= 15 is 0 Å². The minimum absolute atomic E-state index is 0.183. The van der Waals surface area contributed by atoms with E-state index in [0.29, 0.717) is 63.8 Å². The van der Waals surface area contributed by atoms with Crippen LogP contribution in [0.5, 0.6) is 0 Å². The maximum Gasteiger partial charge on any atom is 0.259 e. The zero-order chi connectivity index (χ0) is 28.9. The summed E-state index contributed by atoms with van der Waals surface area (Å²) in [7, 11) is -3.80. The van der Waals surface area contributed by atoms with E-state index in [-0.39, 0.29) is 23.9 Å². The fraction of sp³-hybridized carbons (Fsp3) is 0.679. The Hall–Kier alpha value is -3.22. The monoisotopic (exact) mass is 587 g/mol. The average Bonchev–Trinajstić information content (AvgIpc) is 3.83. The Kier molecular flexibility index (Phi) is 7.19. The van der Waals surface area contributed by atoms with Gasteiger partial charge in [-0.1, -0.05) is 25.0 Å². The third-order valence-electron chi connectivity index (χ3n) is 9.21. The highest BCUT2D eigenvalue weighted by Gasteiger charge is 2.61. The molecule has 41 heavy (non-hydrogen) atoms. The lowest BCUT2D eigenvalue weighted by molar-refractivity contribution is -0.140. The molecule has 3 aliphatic heterocycles. The Balaban J connectivity index is 1.24. The number of amides is 3. The summed E-state index contributed by atoms with van der Waals surface area (Å²) >= 11 is 0. The molecule has 12 nitrogen and oxygen atoms in total. The largest absolute Gasteiger partial charge is 0.369 e. The number of anilines is 2. The number of sulfonamides is 1. The lowest BCUT2D eigenvalue weighted by Gasteiger charge is -2.36. The van der Waals surface area contributed by atoms with E-state index < -0.39 is 55.6 Å². The summed E-state index contributed by atoms with van der Waals surface area (Å²) in [6.45, 7) is 1.73. The van der Waals surface area contributed by atoms with E-state index in [4.69, 9.17) is 0 Å². The van der Waals surface area contributed by atoms with Crippen molar-refractivity contribution in [3.8, 4) is 0 Å². The second-order valence-electron chi connectivity index (χ2n) is 12.1. The van der Waals surface area contributed by atoms with Gasteiger partial charge in [0.15, 0.2) is 0 Å². The lowest BCUT2D eigenvalue weighted by Crippen LogP contribution is -2.58. The van der Waals surface area contributed by atoms with Crippen molar-refractivity contribution < 1.29 is 22.8 Å². The molecule has 6 rings (SSSR count). The van der Waals surface area contributed by atoms with E-state index in [1.807, 2.05) is 17.1 Å². The van der Waals surface area contributed by atoms with Crippen LogP contribution in [0.4, 0.5) is 11.4 Å². The van der Waals surface area contributed by atoms with Gasteiger partial charge in [0.1, 0.15) is 29.0 Å². The normalized spacial score (nSPS) is 30.9. The maximum atomic E-state index is 13.9. The summed E-state index contributed by atoms with van der Waals surface area (Å²) in [6.07, 6.45) is 10.7. The van der Waals surface area contributed by atoms with Crippen LogP contribution in [0.3, 0.4) is 0 Å². The number of allylic oxidation sites excluding steroid dienone is 1. The number of hydrogen-bond acceptors (Lipinski definition) is 9. The van der Waals surface area contributed by atoms with E-state index in [9.17, 15) is 32.4 Å². The molecule has 2 aliphatic carbocycles. The first-order valence-electron chi connectivity index (χ1n) is 14.8. The Morgan fingerprint density at radius 2 is 1.71 bits per heavy atom. The number of carbonyl (C=O) groups excluding carboxylic acids is 3. The molecule has 4 fully saturated rings. The van der Waals surface area contributed by atoms with Crippen LogP contribution in [0.1, 0.15) is 70.6 Å². The molecular weight excluding hydrogens is 550 g/mol. The lowest BCUT2D eigenvalue weighted by atomic mass is 10.0. The van der Waals surface area contributed by atoms with Crippen molar-refractivity contribution in [3.63, 3.8) is 0 Å². The first-order valence-corrected chi connectivity index (χ1v) is 16.4. The fourth-order valence-electron chi connectivity index (χ4n) is 6.30. The number of nitrogens with one attached hydrogen (secondary N) is 3. The Morgan fingerprint density at radius 1 is 0.927 bits per heavy atom. The molecule has 1 aromatic carbocycles. The number of carbonyl (C=O) groups is 3. The minimum atomic E-state index is -3.80. The molecule has 0 spiro atoms. The third-order valence-corrected chi connectivity index (χ3v) is 11.0. The van der Waals surface area contributed by atoms with Crippen LogP contribution in [0.2, 0.25) is 0 Å². The van der Waals surface area contributed by atoms with Crippen molar-refractivity contribution in [1.29, 1.82) is 0 Å². The van der Waals surface area contributed by atoms with Crippen molar-refractivity contribution in [2.75, 3.05) is 29.9 Å². The van der Waals surface area contributed by atoms with Gasteiger partial charge in [0, 0.05) is 25.6 Å². The molecular formula is C28H37N5O7S. The van der Waals surface area contributed by atoms with Gasteiger partial charge < -0.3 is 20.4 Å². The van der Waals surface area contributed by atoms with Crippen molar-refractivity contribution in [1.82, 2.24) is 14.9 Å². The van der Waals surface area contributed by atoms with Gasteiger partial charge in [0.25, 0.3) is 16.8 Å². The molecule has 0 radical (unpaired) electrons.